The van der Waals surface area contributed by atoms with Crippen LogP contribution >= 0.6 is 0 Å². The Hall–Kier alpha value is -2.33. The molecule has 1 amide bonds. The summed E-state index contributed by atoms with van der Waals surface area (Å²) in [5, 5.41) is 0. The molecule has 0 radical (unpaired) electrons. The van der Waals surface area contributed by atoms with Crippen LogP contribution < -0.4 is 10.6 Å². The molecule has 2 aromatic carbocycles. The molecule has 2 saturated heterocycles. The van der Waals surface area contributed by atoms with Crippen LogP contribution in [0.15, 0.2) is 42.5 Å². The first-order chi connectivity index (χ1) is 13.5. The molecule has 148 valence electrons. The minimum atomic E-state index is -0.377. The lowest BCUT2D eigenvalue weighted by molar-refractivity contribution is 0.100. The van der Waals surface area contributed by atoms with Gasteiger partial charge in [0.05, 0.1) is 0 Å². The van der Waals surface area contributed by atoms with E-state index in [1.807, 2.05) is 18.2 Å². The molecule has 0 spiro atoms. The van der Waals surface area contributed by atoms with Crippen molar-refractivity contribution in [2.75, 3.05) is 31.1 Å². The largest absolute Gasteiger partial charge is 0.371 e. The van der Waals surface area contributed by atoms with Gasteiger partial charge in [0.25, 0.3) is 0 Å². The lowest BCUT2D eigenvalue weighted by Gasteiger charge is -2.25. The van der Waals surface area contributed by atoms with Crippen molar-refractivity contribution in [1.29, 1.82) is 0 Å². The number of hydrogen-bond acceptors (Lipinski definition) is 3. The predicted octanol–water partition coefficient (Wildman–Crippen LogP) is 4.07. The maximum atomic E-state index is 11.8. The normalized spacial score (nSPS) is 22.7. The van der Waals surface area contributed by atoms with Crippen molar-refractivity contribution in [3.8, 4) is 11.1 Å². The fourth-order valence-electron chi connectivity index (χ4n) is 4.89. The van der Waals surface area contributed by atoms with Gasteiger partial charge >= 0.3 is 0 Å². The van der Waals surface area contributed by atoms with Gasteiger partial charge in [-0.05, 0) is 80.5 Å². The number of nitrogens with two attached hydrogens (primary N) is 1. The summed E-state index contributed by atoms with van der Waals surface area (Å²) in [6.45, 7) is 9.26. The zero-order chi connectivity index (χ0) is 19.7. The molecule has 4 rings (SSSR count). The zero-order valence-electron chi connectivity index (χ0n) is 17.0. The number of anilines is 1. The molecule has 2 atom stereocenters. The van der Waals surface area contributed by atoms with E-state index in [4.69, 9.17) is 5.73 Å². The van der Waals surface area contributed by atoms with E-state index in [2.05, 4.69) is 41.8 Å². The molecule has 0 saturated carbocycles. The van der Waals surface area contributed by atoms with Crippen LogP contribution in [0.5, 0.6) is 0 Å². The van der Waals surface area contributed by atoms with E-state index in [1.54, 1.807) is 6.07 Å². The number of rotatable bonds is 5. The number of primary amides is 1. The average molecular weight is 378 g/mol. The standard InChI is InChI=1S/C24H31N3O/c1-17-14-20(9-10-21(17)22-7-3-4-8-23(22)24(25)28)27-13-11-19(16-27)15-26-12-5-6-18(26)2/h3-4,7-10,14,18-19H,5-6,11-13,15-16H2,1-2H3,(H2,25,28). The van der Waals surface area contributed by atoms with Crippen LogP contribution in [0.2, 0.25) is 0 Å². The van der Waals surface area contributed by atoms with Crippen molar-refractivity contribution >= 4 is 11.6 Å². The van der Waals surface area contributed by atoms with Crippen LogP contribution in [0.25, 0.3) is 11.1 Å². The minimum absolute atomic E-state index is 0.377. The second kappa shape index (κ2) is 7.96. The Morgan fingerprint density at radius 1 is 1.11 bits per heavy atom. The van der Waals surface area contributed by atoms with Crippen LogP contribution in [-0.4, -0.2) is 43.0 Å². The molecule has 28 heavy (non-hydrogen) atoms. The first-order valence-electron chi connectivity index (χ1n) is 10.5. The Bertz CT molecular complexity index is 863. The lowest BCUT2D eigenvalue weighted by Crippen LogP contribution is -2.33. The van der Waals surface area contributed by atoms with Gasteiger partial charge in [-0.25, -0.2) is 0 Å². The molecule has 2 aromatic rings. The highest BCUT2D eigenvalue weighted by Crippen LogP contribution is 2.32. The highest BCUT2D eigenvalue weighted by molar-refractivity contribution is 6.00. The van der Waals surface area contributed by atoms with Gasteiger partial charge in [-0.1, -0.05) is 24.3 Å². The third-order valence-corrected chi connectivity index (χ3v) is 6.53. The summed E-state index contributed by atoms with van der Waals surface area (Å²) in [6.07, 6.45) is 3.98. The molecule has 4 nitrogen and oxygen atoms in total. The van der Waals surface area contributed by atoms with Crippen molar-refractivity contribution in [1.82, 2.24) is 4.90 Å². The highest BCUT2D eigenvalue weighted by Gasteiger charge is 2.28. The Kier molecular flexibility index (Phi) is 5.40. The number of nitrogens with zero attached hydrogens (tertiary/aromatic N) is 2. The maximum Gasteiger partial charge on any atom is 0.249 e. The topological polar surface area (TPSA) is 49.6 Å². The summed E-state index contributed by atoms with van der Waals surface area (Å²) in [5.41, 5.74) is 10.6. The van der Waals surface area contributed by atoms with Gasteiger partial charge in [0.1, 0.15) is 0 Å². The third-order valence-electron chi connectivity index (χ3n) is 6.53. The summed E-state index contributed by atoms with van der Waals surface area (Å²) in [5.74, 6) is 0.383. The first kappa shape index (κ1) is 19.0. The van der Waals surface area contributed by atoms with Gasteiger partial charge in [0.15, 0.2) is 0 Å². The van der Waals surface area contributed by atoms with Crippen molar-refractivity contribution in [2.24, 2.45) is 11.7 Å². The number of benzene rings is 2. The molecule has 2 heterocycles. The van der Waals surface area contributed by atoms with Crippen molar-refractivity contribution in [2.45, 2.75) is 39.2 Å². The minimum Gasteiger partial charge on any atom is -0.371 e. The number of carbonyl (C=O) groups excluding carboxylic acids is 1. The Balaban J connectivity index is 1.49. The molecule has 4 heteroatoms. The van der Waals surface area contributed by atoms with Crippen molar-refractivity contribution in [3.63, 3.8) is 0 Å². The molecule has 2 aliphatic heterocycles. The summed E-state index contributed by atoms with van der Waals surface area (Å²) in [6, 6.07) is 14.9. The van der Waals surface area contributed by atoms with Crippen molar-refractivity contribution in [3.05, 3.63) is 53.6 Å². The first-order valence-corrected chi connectivity index (χ1v) is 10.5. The fourth-order valence-corrected chi connectivity index (χ4v) is 4.89. The summed E-state index contributed by atoms with van der Waals surface area (Å²) < 4.78 is 0. The molecule has 2 unspecified atom stereocenters. The van der Waals surface area contributed by atoms with Gasteiger partial charge < -0.3 is 15.5 Å². The van der Waals surface area contributed by atoms with E-state index < -0.39 is 0 Å². The summed E-state index contributed by atoms with van der Waals surface area (Å²) in [7, 11) is 0. The number of hydrogen-bond donors (Lipinski definition) is 1. The maximum absolute atomic E-state index is 11.8. The molecule has 2 fully saturated rings. The Morgan fingerprint density at radius 2 is 1.93 bits per heavy atom. The average Bonchev–Trinajstić information content (AvgIpc) is 3.31. The lowest BCUT2D eigenvalue weighted by atomic mass is 9.95. The molecule has 2 N–H and O–H groups in total. The van der Waals surface area contributed by atoms with Crippen LogP contribution in [0.4, 0.5) is 5.69 Å². The molecule has 2 aliphatic rings. The van der Waals surface area contributed by atoms with E-state index in [-0.39, 0.29) is 5.91 Å². The Morgan fingerprint density at radius 3 is 2.64 bits per heavy atom. The second-order valence-corrected chi connectivity index (χ2v) is 8.50. The smallest absolute Gasteiger partial charge is 0.249 e. The molecule has 0 bridgehead atoms. The van der Waals surface area contributed by atoms with E-state index in [1.165, 1.54) is 43.6 Å². The van der Waals surface area contributed by atoms with Crippen molar-refractivity contribution < 1.29 is 4.79 Å². The van der Waals surface area contributed by atoms with Gasteiger partial charge in [-0.15, -0.1) is 0 Å². The van der Waals surface area contributed by atoms with Crippen LogP contribution in [0.3, 0.4) is 0 Å². The molecular formula is C24H31N3O. The van der Waals surface area contributed by atoms with E-state index in [9.17, 15) is 4.79 Å². The zero-order valence-corrected chi connectivity index (χ0v) is 17.0. The van der Waals surface area contributed by atoms with Crippen LogP contribution in [0, 0.1) is 12.8 Å². The Labute approximate surface area is 168 Å². The third kappa shape index (κ3) is 3.79. The van der Waals surface area contributed by atoms with Crippen LogP contribution in [0.1, 0.15) is 42.1 Å². The molecular weight excluding hydrogens is 346 g/mol. The SMILES string of the molecule is Cc1cc(N2CCC(CN3CCCC3C)C2)ccc1-c1ccccc1C(N)=O. The monoisotopic (exact) mass is 377 g/mol. The van der Waals surface area contributed by atoms with E-state index in [0.29, 0.717) is 5.56 Å². The van der Waals surface area contributed by atoms with Gasteiger partial charge in [-0.3, -0.25) is 4.79 Å². The number of aryl methyl sites for hydroxylation is 1. The molecule has 0 aromatic heterocycles. The highest BCUT2D eigenvalue weighted by atomic mass is 16.1. The van der Waals surface area contributed by atoms with E-state index >= 15 is 0 Å². The summed E-state index contributed by atoms with van der Waals surface area (Å²) >= 11 is 0. The predicted molar refractivity (Wildman–Crippen MR) is 116 cm³/mol. The van der Waals surface area contributed by atoms with E-state index in [0.717, 1.165) is 36.2 Å². The summed E-state index contributed by atoms with van der Waals surface area (Å²) in [4.78, 5) is 17.0. The number of carbonyl (C=O) groups is 1. The quantitative estimate of drug-likeness (QED) is 0.854. The van der Waals surface area contributed by atoms with Gasteiger partial charge in [0.2, 0.25) is 5.91 Å². The van der Waals surface area contributed by atoms with Gasteiger partial charge in [0, 0.05) is 36.9 Å². The van der Waals surface area contributed by atoms with Gasteiger partial charge in [-0.2, -0.15) is 0 Å². The fraction of sp³-hybridized carbons (Fsp3) is 0.458. The number of likely N-dealkylation sites (tertiary alicyclic amines) is 1. The second-order valence-electron chi connectivity index (χ2n) is 8.50. The van der Waals surface area contributed by atoms with Crippen LogP contribution in [-0.2, 0) is 0 Å². The molecule has 0 aliphatic carbocycles. The number of amides is 1.